The van der Waals surface area contributed by atoms with Crippen LogP contribution in [0.1, 0.15) is 37.0 Å². The van der Waals surface area contributed by atoms with Crippen LogP contribution in [0.4, 0.5) is 0 Å². The fourth-order valence-corrected chi connectivity index (χ4v) is 2.87. The van der Waals surface area contributed by atoms with Crippen LogP contribution in [0.3, 0.4) is 0 Å². The standard InChI is InChI=1S/C15H24N4OS/c1-15(2,3)13-11-21-14(18-13)10-19-9-12(8-17-19)7-16-5-6-20-4/h8-9,11,16H,5-7,10H2,1-4H3. The molecule has 1 N–H and O–H groups in total. The summed E-state index contributed by atoms with van der Waals surface area (Å²) in [6, 6.07) is 0. The smallest absolute Gasteiger partial charge is 0.114 e. The van der Waals surface area contributed by atoms with Crippen molar-refractivity contribution in [1.29, 1.82) is 0 Å². The minimum absolute atomic E-state index is 0.106. The van der Waals surface area contributed by atoms with Crippen LogP contribution in [0.15, 0.2) is 17.8 Å². The van der Waals surface area contributed by atoms with Gasteiger partial charge in [-0.15, -0.1) is 11.3 Å². The molecule has 0 amide bonds. The van der Waals surface area contributed by atoms with E-state index in [1.54, 1.807) is 18.4 Å². The van der Waals surface area contributed by atoms with Crippen molar-refractivity contribution in [2.24, 2.45) is 0 Å². The lowest BCUT2D eigenvalue weighted by Crippen LogP contribution is -2.18. The van der Waals surface area contributed by atoms with Gasteiger partial charge in [-0.1, -0.05) is 20.8 Å². The zero-order valence-corrected chi connectivity index (χ0v) is 14.0. The number of rotatable bonds is 7. The van der Waals surface area contributed by atoms with Crippen molar-refractivity contribution < 1.29 is 4.74 Å². The van der Waals surface area contributed by atoms with Crippen LogP contribution in [0.2, 0.25) is 0 Å². The molecule has 0 saturated carbocycles. The molecule has 0 atom stereocenters. The Bertz CT molecular complexity index is 556. The van der Waals surface area contributed by atoms with E-state index in [1.807, 2.05) is 10.9 Å². The molecule has 0 fully saturated rings. The van der Waals surface area contributed by atoms with Crippen molar-refractivity contribution in [2.45, 2.75) is 39.3 Å². The summed E-state index contributed by atoms with van der Waals surface area (Å²) in [4.78, 5) is 4.70. The molecule has 0 unspecified atom stereocenters. The van der Waals surface area contributed by atoms with Gasteiger partial charge in [-0.05, 0) is 0 Å². The largest absolute Gasteiger partial charge is 0.383 e. The second kappa shape index (κ2) is 7.15. The maximum Gasteiger partial charge on any atom is 0.114 e. The Morgan fingerprint density at radius 2 is 2.19 bits per heavy atom. The van der Waals surface area contributed by atoms with Gasteiger partial charge in [0.2, 0.25) is 0 Å². The molecule has 6 heteroatoms. The summed E-state index contributed by atoms with van der Waals surface area (Å²) in [7, 11) is 1.71. The second-order valence-corrected chi connectivity index (χ2v) is 7.03. The van der Waals surface area contributed by atoms with Crippen LogP contribution in [-0.4, -0.2) is 35.0 Å². The highest BCUT2D eigenvalue weighted by molar-refractivity contribution is 7.09. The molecule has 2 rings (SSSR count). The van der Waals surface area contributed by atoms with Gasteiger partial charge in [-0.25, -0.2) is 4.98 Å². The third-order valence-corrected chi connectivity index (χ3v) is 3.95. The number of nitrogens with zero attached hydrogens (tertiary/aromatic N) is 3. The van der Waals surface area contributed by atoms with Crippen molar-refractivity contribution in [3.05, 3.63) is 34.0 Å². The summed E-state index contributed by atoms with van der Waals surface area (Å²) < 4.78 is 6.95. The van der Waals surface area contributed by atoms with E-state index in [0.717, 1.165) is 36.9 Å². The molecule has 2 aromatic rings. The molecule has 21 heavy (non-hydrogen) atoms. The lowest BCUT2D eigenvalue weighted by Gasteiger charge is -2.14. The lowest BCUT2D eigenvalue weighted by atomic mass is 9.93. The van der Waals surface area contributed by atoms with Crippen molar-refractivity contribution in [2.75, 3.05) is 20.3 Å². The monoisotopic (exact) mass is 308 g/mol. The van der Waals surface area contributed by atoms with Gasteiger partial charge in [-0.3, -0.25) is 4.68 Å². The second-order valence-electron chi connectivity index (χ2n) is 6.09. The minimum Gasteiger partial charge on any atom is -0.383 e. The Hall–Kier alpha value is -1.24. The van der Waals surface area contributed by atoms with Gasteiger partial charge in [0.15, 0.2) is 0 Å². The van der Waals surface area contributed by atoms with Crippen molar-refractivity contribution in [3.63, 3.8) is 0 Å². The van der Waals surface area contributed by atoms with Gasteiger partial charge in [0, 0.05) is 42.8 Å². The molecule has 0 spiro atoms. The average Bonchev–Trinajstić information content (AvgIpc) is 3.04. The van der Waals surface area contributed by atoms with E-state index in [1.165, 1.54) is 5.56 Å². The average molecular weight is 308 g/mol. The predicted molar refractivity (Wildman–Crippen MR) is 85.7 cm³/mol. The first kappa shape index (κ1) is 16.1. The molecule has 0 aromatic carbocycles. The SMILES string of the molecule is COCCNCc1cnn(Cc2nc(C(C)(C)C)cs2)c1. The van der Waals surface area contributed by atoms with Gasteiger partial charge in [0.25, 0.3) is 0 Å². The summed E-state index contributed by atoms with van der Waals surface area (Å²) in [5.41, 5.74) is 2.43. The molecule has 0 bridgehead atoms. The molecule has 0 aliphatic carbocycles. The molecule has 116 valence electrons. The zero-order valence-electron chi connectivity index (χ0n) is 13.2. The van der Waals surface area contributed by atoms with Gasteiger partial charge < -0.3 is 10.1 Å². The van der Waals surface area contributed by atoms with Gasteiger partial charge in [0.05, 0.1) is 25.0 Å². The van der Waals surface area contributed by atoms with Gasteiger partial charge in [0.1, 0.15) is 5.01 Å². The van der Waals surface area contributed by atoms with E-state index in [2.05, 4.69) is 42.8 Å². The molecule has 0 aliphatic heterocycles. The number of nitrogens with one attached hydrogen (secondary N) is 1. The highest BCUT2D eigenvalue weighted by Gasteiger charge is 2.17. The van der Waals surface area contributed by atoms with Crippen molar-refractivity contribution in [1.82, 2.24) is 20.1 Å². The van der Waals surface area contributed by atoms with E-state index in [4.69, 9.17) is 9.72 Å². The third kappa shape index (κ3) is 4.91. The summed E-state index contributed by atoms with van der Waals surface area (Å²) in [6.45, 7) is 9.68. The number of hydrogen-bond donors (Lipinski definition) is 1. The Morgan fingerprint density at radius 1 is 1.38 bits per heavy atom. The molecule has 2 aromatic heterocycles. The fourth-order valence-electron chi connectivity index (χ4n) is 1.86. The van der Waals surface area contributed by atoms with E-state index >= 15 is 0 Å². The number of thiazole rings is 1. The predicted octanol–water partition coefficient (Wildman–Crippen LogP) is 2.42. The molecular formula is C15H24N4OS. The highest BCUT2D eigenvalue weighted by Crippen LogP contribution is 2.24. The van der Waals surface area contributed by atoms with Gasteiger partial charge >= 0.3 is 0 Å². The summed E-state index contributed by atoms with van der Waals surface area (Å²) in [5, 5.41) is 11.0. The third-order valence-electron chi connectivity index (χ3n) is 3.12. The Kier molecular flexibility index (Phi) is 5.50. The highest BCUT2D eigenvalue weighted by atomic mass is 32.1. The Balaban J connectivity index is 1.89. The van der Waals surface area contributed by atoms with Crippen LogP contribution in [0.5, 0.6) is 0 Å². The number of hydrogen-bond acceptors (Lipinski definition) is 5. The molecule has 0 radical (unpaired) electrons. The molecule has 0 saturated heterocycles. The normalized spacial score (nSPS) is 12.0. The van der Waals surface area contributed by atoms with Crippen molar-refractivity contribution in [3.8, 4) is 0 Å². The quantitative estimate of drug-likeness (QED) is 0.798. The Morgan fingerprint density at radius 3 is 2.86 bits per heavy atom. The van der Waals surface area contributed by atoms with Crippen LogP contribution in [0, 0.1) is 0 Å². The van der Waals surface area contributed by atoms with E-state index < -0.39 is 0 Å². The van der Waals surface area contributed by atoms with E-state index in [9.17, 15) is 0 Å². The number of methoxy groups -OCH3 is 1. The summed E-state index contributed by atoms with van der Waals surface area (Å²) >= 11 is 1.70. The summed E-state index contributed by atoms with van der Waals surface area (Å²) in [5.74, 6) is 0. The van der Waals surface area contributed by atoms with Crippen molar-refractivity contribution >= 4 is 11.3 Å². The van der Waals surface area contributed by atoms with Crippen LogP contribution in [0.25, 0.3) is 0 Å². The molecule has 0 aliphatic rings. The minimum atomic E-state index is 0.106. The lowest BCUT2D eigenvalue weighted by molar-refractivity contribution is 0.199. The number of aromatic nitrogens is 3. The molecule has 5 nitrogen and oxygen atoms in total. The summed E-state index contributed by atoms with van der Waals surface area (Å²) in [6.07, 6.45) is 3.97. The van der Waals surface area contributed by atoms with Crippen LogP contribution in [-0.2, 0) is 23.2 Å². The first-order valence-electron chi connectivity index (χ1n) is 7.15. The molecular weight excluding hydrogens is 284 g/mol. The maximum atomic E-state index is 5.00. The Labute approximate surface area is 130 Å². The fraction of sp³-hybridized carbons (Fsp3) is 0.600. The maximum absolute atomic E-state index is 5.00. The first-order valence-corrected chi connectivity index (χ1v) is 8.03. The van der Waals surface area contributed by atoms with E-state index in [-0.39, 0.29) is 5.41 Å². The topological polar surface area (TPSA) is 52.0 Å². The molecule has 2 heterocycles. The van der Waals surface area contributed by atoms with Crippen LogP contribution < -0.4 is 5.32 Å². The first-order chi connectivity index (χ1) is 9.99. The number of ether oxygens (including phenoxy) is 1. The van der Waals surface area contributed by atoms with Crippen LogP contribution >= 0.6 is 11.3 Å². The van der Waals surface area contributed by atoms with E-state index in [0.29, 0.717) is 0 Å². The zero-order chi connectivity index (χ0) is 15.3. The van der Waals surface area contributed by atoms with Gasteiger partial charge in [-0.2, -0.15) is 5.10 Å².